The van der Waals surface area contributed by atoms with Gasteiger partial charge in [0.1, 0.15) is 0 Å². The highest BCUT2D eigenvalue weighted by atomic mass is 16.5. The summed E-state index contributed by atoms with van der Waals surface area (Å²) in [6, 6.07) is 8.37. The van der Waals surface area contributed by atoms with Gasteiger partial charge in [0.2, 0.25) is 0 Å². The van der Waals surface area contributed by atoms with Gasteiger partial charge in [0, 0.05) is 19.1 Å². The molecular weight excluding hydrogens is 216 g/mol. The molecule has 0 saturated carbocycles. The molecule has 0 atom stereocenters. The summed E-state index contributed by atoms with van der Waals surface area (Å²) in [6.45, 7) is 5.82. The van der Waals surface area contributed by atoms with E-state index in [-0.39, 0.29) is 6.09 Å². The molecule has 0 N–H and O–H groups in total. The lowest BCUT2D eigenvalue weighted by atomic mass is 10.1. The summed E-state index contributed by atoms with van der Waals surface area (Å²) in [5.74, 6) is 0. The molecule has 0 aliphatic carbocycles. The minimum atomic E-state index is -0.291. The Morgan fingerprint density at radius 3 is 2.47 bits per heavy atom. The number of para-hydroxylation sites is 2. The molecule has 0 fully saturated rings. The van der Waals surface area contributed by atoms with Crippen molar-refractivity contribution < 1.29 is 9.53 Å². The molecule has 0 saturated heterocycles. The lowest BCUT2D eigenvalue weighted by Crippen LogP contribution is -2.46. The van der Waals surface area contributed by atoms with E-state index in [1.807, 2.05) is 24.3 Å². The molecule has 92 valence electrons. The van der Waals surface area contributed by atoms with Crippen LogP contribution in [0.4, 0.5) is 16.2 Å². The molecular formula is C13H18N2O2. The first-order valence-corrected chi connectivity index (χ1v) is 5.86. The maximum Gasteiger partial charge on any atom is 0.414 e. The number of ether oxygens (including phenoxy) is 1. The Bertz CT molecular complexity index is 418. The van der Waals surface area contributed by atoms with Gasteiger partial charge in [-0.2, -0.15) is 0 Å². The fourth-order valence-electron chi connectivity index (χ4n) is 2.22. The fourth-order valence-corrected chi connectivity index (χ4v) is 2.22. The van der Waals surface area contributed by atoms with Crippen LogP contribution in [-0.2, 0) is 4.74 Å². The standard InChI is InChI=1S/C13H18N2O2/c1-10(2)14-8-9-15(13(16)17-3)12-7-5-4-6-11(12)14/h4-7,10H,8-9H2,1-3H3. The Morgan fingerprint density at radius 1 is 1.24 bits per heavy atom. The van der Waals surface area contributed by atoms with Crippen LogP contribution in [0.3, 0.4) is 0 Å². The summed E-state index contributed by atoms with van der Waals surface area (Å²) in [4.78, 5) is 15.7. The van der Waals surface area contributed by atoms with Crippen LogP contribution in [0.25, 0.3) is 0 Å². The van der Waals surface area contributed by atoms with Gasteiger partial charge in [-0.1, -0.05) is 12.1 Å². The smallest absolute Gasteiger partial charge is 0.414 e. The van der Waals surface area contributed by atoms with Crippen molar-refractivity contribution in [2.45, 2.75) is 19.9 Å². The van der Waals surface area contributed by atoms with Crippen molar-refractivity contribution in [2.75, 3.05) is 30.0 Å². The Hall–Kier alpha value is -1.71. The van der Waals surface area contributed by atoms with E-state index in [0.29, 0.717) is 12.6 Å². The van der Waals surface area contributed by atoms with E-state index in [4.69, 9.17) is 4.74 Å². The summed E-state index contributed by atoms with van der Waals surface area (Å²) in [5, 5.41) is 0. The minimum absolute atomic E-state index is 0.291. The zero-order valence-electron chi connectivity index (χ0n) is 10.5. The van der Waals surface area contributed by atoms with Crippen LogP contribution in [0.15, 0.2) is 24.3 Å². The average molecular weight is 234 g/mol. The van der Waals surface area contributed by atoms with Gasteiger partial charge in [-0.25, -0.2) is 4.79 Å². The lowest BCUT2D eigenvalue weighted by molar-refractivity contribution is 0.178. The highest BCUT2D eigenvalue weighted by Gasteiger charge is 2.27. The molecule has 4 nitrogen and oxygen atoms in total. The van der Waals surface area contributed by atoms with E-state index in [2.05, 4.69) is 18.7 Å². The number of amides is 1. The molecule has 1 aliphatic heterocycles. The van der Waals surface area contributed by atoms with Gasteiger partial charge in [-0.15, -0.1) is 0 Å². The highest BCUT2D eigenvalue weighted by molar-refractivity contribution is 5.93. The van der Waals surface area contributed by atoms with E-state index in [1.165, 1.54) is 7.11 Å². The number of fused-ring (bicyclic) bond motifs is 1. The molecule has 1 aliphatic rings. The van der Waals surface area contributed by atoms with Crippen molar-refractivity contribution in [3.63, 3.8) is 0 Å². The van der Waals surface area contributed by atoms with Gasteiger partial charge in [0.25, 0.3) is 0 Å². The topological polar surface area (TPSA) is 32.8 Å². The predicted molar refractivity (Wildman–Crippen MR) is 68.7 cm³/mol. The number of carbonyl (C=O) groups is 1. The molecule has 4 heteroatoms. The average Bonchev–Trinajstić information content (AvgIpc) is 2.36. The van der Waals surface area contributed by atoms with Crippen LogP contribution in [0.5, 0.6) is 0 Å². The van der Waals surface area contributed by atoms with Gasteiger partial charge in [-0.05, 0) is 26.0 Å². The molecule has 1 heterocycles. The minimum Gasteiger partial charge on any atom is -0.452 e. The van der Waals surface area contributed by atoms with Crippen LogP contribution in [0.2, 0.25) is 0 Å². The molecule has 1 amide bonds. The molecule has 0 radical (unpaired) electrons. The maximum atomic E-state index is 11.7. The van der Waals surface area contributed by atoms with Gasteiger partial charge in [0.05, 0.1) is 18.5 Å². The van der Waals surface area contributed by atoms with E-state index >= 15 is 0 Å². The fraction of sp³-hybridized carbons (Fsp3) is 0.462. The van der Waals surface area contributed by atoms with Gasteiger partial charge >= 0.3 is 6.09 Å². The molecule has 1 aromatic rings. The molecule has 0 spiro atoms. The van der Waals surface area contributed by atoms with Gasteiger partial charge in [-0.3, -0.25) is 4.90 Å². The van der Waals surface area contributed by atoms with Crippen molar-refractivity contribution >= 4 is 17.5 Å². The van der Waals surface area contributed by atoms with Crippen molar-refractivity contribution in [1.82, 2.24) is 0 Å². The number of benzene rings is 1. The summed E-state index contributed by atoms with van der Waals surface area (Å²) >= 11 is 0. The van der Waals surface area contributed by atoms with Crippen molar-refractivity contribution in [1.29, 1.82) is 0 Å². The zero-order valence-corrected chi connectivity index (χ0v) is 10.5. The number of hydrogen-bond donors (Lipinski definition) is 0. The summed E-state index contributed by atoms with van der Waals surface area (Å²) in [5.41, 5.74) is 2.03. The van der Waals surface area contributed by atoms with Crippen LogP contribution in [0, 0.1) is 0 Å². The molecule has 1 aromatic carbocycles. The van der Waals surface area contributed by atoms with Crippen molar-refractivity contribution in [2.24, 2.45) is 0 Å². The Labute approximate surface area is 102 Å². The number of nitrogens with zero attached hydrogens (tertiary/aromatic N) is 2. The number of rotatable bonds is 1. The number of carbonyl (C=O) groups excluding carboxylic acids is 1. The first-order valence-electron chi connectivity index (χ1n) is 5.86. The van der Waals surface area contributed by atoms with Crippen LogP contribution >= 0.6 is 0 Å². The Balaban J connectivity index is 2.40. The van der Waals surface area contributed by atoms with Crippen LogP contribution in [0.1, 0.15) is 13.8 Å². The van der Waals surface area contributed by atoms with Crippen LogP contribution < -0.4 is 9.80 Å². The Morgan fingerprint density at radius 2 is 1.88 bits per heavy atom. The first-order chi connectivity index (χ1) is 8.15. The van der Waals surface area contributed by atoms with Crippen molar-refractivity contribution in [3.05, 3.63) is 24.3 Å². The third-order valence-corrected chi connectivity index (χ3v) is 3.06. The number of hydrogen-bond acceptors (Lipinski definition) is 3. The summed E-state index contributed by atoms with van der Waals surface area (Å²) in [7, 11) is 1.42. The third kappa shape index (κ3) is 2.07. The molecule has 17 heavy (non-hydrogen) atoms. The first kappa shape index (κ1) is 11.8. The molecule has 0 aromatic heterocycles. The van der Waals surface area contributed by atoms with Crippen molar-refractivity contribution in [3.8, 4) is 0 Å². The highest BCUT2D eigenvalue weighted by Crippen LogP contribution is 2.34. The maximum absolute atomic E-state index is 11.7. The summed E-state index contributed by atoms with van der Waals surface area (Å²) in [6.07, 6.45) is -0.291. The van der Waals surface area contributed by atoms with E-state index in [1.54, 1.807) is 4.90 Å². The van der Waals surface area contributed by atoms with E-state index in [0.717, 1.165) is 17.9 Å². The predicted octanol–water partition coefficient (Wildman–Crippen LogP) is 2.49. The zero-order chi connectivity index (χ0) is 12.4. The number of methoxy groups -OCH3 is 1. The normalized spacial score (nSPS) is 14.8. The van der Waals surface area contributed by atoms with Gasteiger partial charge < -0.3 is 9.64 Å². The monoisotopic (exact) mass is 234 g/mol. The quantitative estimate of drug-likeness (QED) is 0.748. The second-order valence-corrected chi connectivity index (χ2v) is 4.40. The SMILES string of the molecule is COC(=O)N1CCN(C(C)C)c2ccccc21. The molecule has 0 bridgehead atoms. The van der Waals surface area contributed by atoms with Crippen LogP contribution in [-0.4, -0.2) is 32.3 Å². The largest absolute Gasteiger partial charge is 0.452 e. The van der Waals surface area contributed by atoms with E-state index < -0.39 is 0 Å². The van der Waals surface area contributed by atoms with E-state index in [9.17, 15) is 4.79 Å². The Kier molecular flexibility index (Phi) is 3.22. The second-order valence-electron chi connectivity index (χ2n) is 4.40. The number of anilines is 2. The molecule has 0 unspecified atom stereocenters. The summed E-state index contributed by atoms with van der Waals surface area (Å²) < 4.78 is 4.81. The van der Waals surface area contributed by atoms with Gasteiger partial charge in [0.15, 0.2) is 0 Å². The second kappa shape index (κ2) is 4.65. The third-order valence-electron chi connectivity index (χ3n) is 3.06. The molecule has 2 rings (SSSR count). The lowest BCUT2D eigenvalue weighted by Gasteiger charge is -2.39.